The summed E-state index contributed by atoms with van der Waals surface area (Å²) in [6, 6.07) is 43.1. The Hall–Kier alpha value is -4.83. The van der Waals surface area contributed by atoms with Gasteiger partial charge in [-0.2, -0.15) is 0 Å². The van der Waals surface area contributed by atoms with Crippen LogP contribution >= 0.6 is 7.81 Å². The number of hydrogen-bond acceptors (Lipinski definition) is 6. The fraction of sp³-hybridized carbons (Fsp3) is 0.0833. The summed E-state index contributed by atoms with van der Waals surface area (Å²) in [6.45, 7) is 0. The van der Waals surface area contributed by atoms with Gasteiger partial charge in [-0.25, -0.2) is 0 Å². The fourth-order valence-corrected chi connectivity index (χ4v) is 3.87. The Morgan fingerprint density at radius 3 is 1.38 bits per heavy atom. The minimum atomic E-state index is -10.7. The van der Waals surface area contributed by atoms with Gasteiger partial charge < -0.3 is 19.9 Å². The molecule has 4 aromatic heterocycles. The molecule has 0 atom stereocenters. The van der Waals surface area contributed by atoms with Crippen LogP contribution in [0.2, 0.25) is 0 Å². The first-order valence-electron chi connectivity index (χ1n) is 14.5. The van der Waals surface area contributed by atoms with Crippen LogP contribution in [0.15, 0.2) is 140 Å². The van der Waals surface area contributed by atoms with Crippen molar-refractivity contribution >= 4 is 13.8 Å². The van der Waals surface area contributed by atoms with E-state index in [1.54, 1.807) is 24.8 Å². The van der Waals surface area contributed by atoms with Crippen molar-refractivity contribution in [3.8, 4) is 33.9 Å². The van der Waals surface area contributed by atoms with Gasteiger partial charge in [-0.3, -0.25) is 9.97 Å². The summed E-state index contributed by atoms with van der Waals surface area (Å²) in [5, 5.41) is 10.3. The minimum absolute atomic E-state index is 0. The summed E-state index contributed by atoms with van der Waals surface area (Å²) in [7, 11) is -10.7. The number of aliphatic carboxylic acids is 1. The molecule has 0 saturated carbocycles. The largest absolute Gasteiger partial charge is 0.550 e. The molecule has 0 saturated heterocycles. The summed E-state index contributed by atoms with van der Waals surface area (Å²) in [5.41, 5.74) is 6.71. The number of carbonyl (C=O) groups is 1. The van der Waals surface area contributed by atoms with Gasteiger partial charge in [-0.15, -0.1) is 71.8 Å². The Kier molecular flexibility index (Phi) is 15.5. The molecule has 6 nitrogen and oxygen atoms in total. The van der Waals surface area contributed by atoms with Gasteiger partial charge in [0.25, 0.3) is 0 Å². The zero-order valence-corrected chi connectivity index (χ0v) is 29.3. The maximum absolute atomic E-state index is 10.7. The van der Waals surface area contributed by atoms with Crippen LogP contribution in [0.5, 0.6) is 0 Å². The summed E-state index contributed by atoms with van der Waals surface area (Å²) in [5.74, 6) is -1.01. The molecule has 0 bridgehead atoms. The van der Waals surface area contributed by atoms with E-state index in [2.05, 4.69) is 32.1 Å². The average Bonchev–Trinajstić information content (AvgIpc) is 3.09. The first-order chi connectivity index (χ1) is 23.1. The van der Waals surface area contributed by atoms with Gasteiger partial charge in [0.2, 0.25) is 0 Å². The number of hydrogen-bond donors (Lipinski definition) is 0. The van der Waals surface area contributed by atoms with Crippen molar-refractivity contribution in [1.82, 2.24) is 19.9 Å². The predicted molar refractivity (Wildman–Crippen MR) is 176 cm³/mol. The van der Waals surface area contributed by atoms with Gasteiger partial charge >= 0.3 is 33.0 Å². The molecule has 2 aromatic carbocycles. The average molecular weight is 887 g/mol. The molecule has 0 N–H and O–H groups in total. The van der Waals surface area contributed by atoms with Crippen LogP contribution in [0.25, 0.3) is 33.9 Å². The van der Waals surface area contributed by atoms with Crippen molar-refractivity contribution in [2.45, 2.75) is 19.3 Å². The number of carboxylic acid groups (broad SMARTS) is 1. The van der Waals surface area contributed by atoms with E-state index in [1.807, 2.05) is 115 Å². The quantitative estimate of drug-likeness (QED) is 0.0902. The molecule has 0 fully saturated rings. The van der Waals surface area contributed by atoms with Gasteiger partial charge in [0, 0.05) is 50.9 Å². The number of pyridine rings is 4. The van der Waals surface area contributed by atoms with Gasteiger partial charge in [-0.1, -0.05) is 30.3 Å². The molecule has 0 aliphatic heterocycles. The number of nitrogens with zero attached hydrogens (tertiary/aromatic N) is 4. The first-order valence-corrected chi connectivity index (χ1v) is 16.6. The van der Waals surface area contributed by atoms with Gasteiger partial charge in [0.1, 0.15) is 0 Å². The van der Waals surface area contributed by atoms with Crippen LogP contribution in [0.1, 0.15) is 18.4 Å². The summed E-state index contributed by atoms with van der Waals surface area (Å²) in [4.78, 5) is 27.3. The Morgan fingerprint density at radius 2 is 1.00 bits per heavy atom. The van der Waals surface area contributed by atoms with E-state index in [1.165, 1.54) is 0 Å². The normalized spacial score (nSPS) is 11.6. The number of carbonyl (C=O) groups excluding carboxylic acids is 1. The second-order valence-electron chi connectivity index (χ2n) is 9.93. The third-order valence-corrected chi connectivity index (χ3v) is 5.90. The van der Waals surface area contributed by atoms with E-state index < -0.39 is 13.8 Å². The molecule has 0 amide bonds. The van der Waals surface area contributed by atoms with Crippen LogP contribution in [-0.2, 0) is 31.3 Å². The second-order valence-corrected chi connectivity index (χ2v) is 11.8. The maximum atomic E-state index is 10.3. The molecule has 6 aromatic rings. The number of rotatable bonds is 7. The molecule has 0 aliphatic rings. The monoisotopic (exact) mass is 887 g/mol. The molecule has 14 heteroatoms. The fourth-order valence-electron chi connectivity index (χ4n) is 3.87. The van der Waals surface area contributed by atoms with Crippen molar-refractivity contribution < 1.29 is 55.2 Å². The first kappa shape index (κ1) is 41.3. The van der Waals surface area contributed by atoms with Gasteiger partial charge in [0.05, 0.1) is 11.4 Å². The molecular weight excluding hydrogens is 858 g/mol. The predicted octanol–water partition coefficient (Wildman–Crippen LogP) is 9.69. The Labute approximate surface area is 298 Å². The number of aryl methyl sites for hydroxylation is 1. The summed E-state index contributed by atoms with van der Waals surface area (Å²) >= 11 is 0. The molecule has 0 unspecified atom stereocenters. The number of benzene rings is 2. The molecule has 265 valence electrons. The third-order valence-electron chi connectivity index (χ3n) is 5.90. The topological polar surface area (TPSA) is 91.7 Å². The van der Waals surface area contributed by atoms with E-state index in [9.17, 15) is 35.1 Å². The molecule has 6 rings (SSSR count). The Balaban J connectivity index is 0.000000241. The van der Waals surface area contributed by atoms with Crippen molar-refractivity contribution in [1.29, 1.82) is 0 Å². The molecule has 50 heavy (non-hydrogen) atoms. The zero-order chi connectivity index (χ0) is 35.7. The Bertz CT molecular complexity index is 1690. The minimum Gasteiger partial charge on any atom is -0.550 e. The van der Waals surface area contributed by atoms with E-state index in [0.717, 1.165) is 39.5 Å². The molecule has 0 aliphatic carbocycles. The number of aromatic nitrogens is 4. The molecule has 1 radical (unpaired) electrons. The van der Waals surface area contributed by atoms with Crippen LogP contribution in [0.3, 0.4) is 0 Å². The number of carboxylic acids is 1. The second kappa shape index (κ2) is 18.8. The molecular formula is C36H29F6IrN4O2P-4. The number of halogens is 6. The van der Waals surface area contributed by atoms with Crippen molar-refractivity contribution in [2.24, 2.45) is 0 Å². The van der Waals surface area contributed by atoms with Crippen LogP contribution in [0.4, 0.5) is 25.2 Å². The summed E-state index contributed by atoms with van der Waals surface area (Å²) < 4.78 is 59.2. The smallest absolute Gasteiger partial charge is 0.0888 e. The van der Waals surface area contributed by atoms with E-state index in [4.69, 9.17) is 0 Å². The van der Waals surface area contributed by atoms with Crippen LogP contribution in [0, 0.1) is 12.1 Å². The van der Waals surface area contributed by atoms with E-state index >= 15 is 0 Å². The molecule has 4 heterocycles. The SMILES string of the molecule is F[P-](F)(F)(F)(F)F.O=C([O-])CCCc1ccnc(-c2ccccn2)c1.[Ir].[c-]1ccccc1-c1ccccn1.[c-]1ccccc1-c1ccccn1. The van der Waals surface area contributed by atoms with Crippen molar-refractivity contribution in [3.63, 3.8) is 0 Å². The Morgan fingerprint density at radius 1 is 0.580 bits per heavy atom. The van der Waals surface area contributed by atoms with Crippen LogP contribution < -0.4 is 5.11 Å². The summed E-state index contributed by atoms with van der Waals surface area (Å²) in [6.07, 6.45) is 8.38. The molecule has 0 spiro atoms. The van der Waals surface area contributed by atoms with Crippen LogP contribution in [-0.4, -0.2) is 25.9 Å². The van der Waals surface area contributed by atoms with Gasteiger partial charge in [-0.05, 0) is 72.6 Å². The zero-order valence-electron chi connectivity index (χ0n) is 26.1. The maximum Gasteiger partial charge on any atom is 0.0888 e. The van der Waals surface area contributed by atoms with E-state index in [0.29, 0.717) is 12.8 Å². The van der Waals surface area contributed by atoms with Crippen molar-refractivity contribution in [3.05, 3.63) is 158 Å². The van der Waals surface area contributed by atoms with Crippen molar-refractivity contribution in [2.75, 3.05) is 0 Å². The standard InChI is InChI=1S/C14H14N2O2.2C11H8N.F6P.Ir/c17-14(18)6-3-4-11-7-9-16-13(10-11)12-5-1-2-8-15-12;2*1-2-6-10(7-3-1)11-8-4-5-9-12-11;1-7(2,3,4,5)6;/h1-2,5,7-10H,3-4,6H2,(H,17,18);2*1-6,8-9H;;/q;3*-1;/p-1. The third kappa shape index (κ3) is 19.2. The van der Waals surface area contributed by atoms with E-state index in [-0.39, 0.29) is 26.5 Å². The van der Waals surface area contributed by atoms with Gasteiger partial charge in [0.15, 0.2) is 0 Å².